The minimum Gasteiger partial charge on any atom is -0.489 e. The Morgan fingerprint density at radius 2 is 1.77 bits per heavy atom. The van der Waals surface area contributed by atoms with Gasteiger partial charge in [0, 0.05) is 0 Å². The molecule has 2 rings (SSSR count). The van der Waals surface area contributed by atoms with Gasteiger partial charge in [0.1, 0.15) is 12.4 Å². The summed E-state index contributed by atoms with van der Waals surface area (Å²) in [6.07, 6.45) is -4.38. The van der Waals surface area contributed by atoms with Gasteiger partial charge in [0.05, 0.1) is 18.2 Å². The second kappa shape index (κ2) is 6.51. The third kappa shape index (κ3) is 4.00. The van der Waals surface area contributed by atoms with Crippen LogP contribution in [0.25, 0.3) is 0 Å². The van der Waals surface area contributed by atoms with E-state index in [2.05, 4.69) is 4.74 Å². The zero-order chi connectivity index (χ0) is 16.2. The van der Waals surface area contributed by atoms with Crippen molar-refractivity contribution in [2.75, 3.05) is 7.11 Å². The minimum absolute atomic E-state index is 0.00148. The maximum Gasteiger partial charge on any atom is 0.416 e. The van der Waals surface area contributed by atoms with Gasteiger partial charge in [0.15, 0.2) is 0 Å². The van der Waals surface area contributed by atoms with E-state index in [0.29, 0.717) is 16.9 Å². The Labute approximate surface area is 125 Å². The summed E-state index contributed by atoms with van der Waals surface area (Å²) >= 11 is 0. The highest BCUT2D eigenvalue weighted by molar-refractivity contribution is 5.89. The summed E-state index contributed by atoms with van der Waals surface area (Å²) in [5.41, 5.74) is 0.0652. The number of halogens is 3. The van der Waals surface area contributed by atoms with Crippen molar-refractivity contribution >= 4 is 5.97 Å². The van der Waals surface area contributed by atoms with E-state index in [1.165, 1.54) is 25.3 Å². The van der Waals surface area contributed by atoms with E-state index in [1.54, 1.807) is 18.2 Å². The first-order valence-electron chi connectivity index (χ1n) is 6.37. The van der Waals surface area contributed by atoms with Crippen LogP contribution >= 0.6 is 0 Å². The van der Waals surface area contributed by atoms with Gasteiger partial charge in [-0.3, -0.25) is 0 Å². The van der Waals surface area contributed by atoms with E-state index in [1.807, 2.05) is 0 Å². The minimum atomic E-state index is -4.38. The standard InChI is InChI=1S/C16H13F3O3/c1-21-15(20)12-5-7-14(8-6-12)22-10-11-3-2-4-13(9-11)16(17,18)19/h2-9H,10H2,1H3. The van der Waals surface area contributed by atoms with Crippen LogP contribution in [0, 0.1) is 0 Å². The largest absolute Gasteiger partial charge is 0.489 e. The highest BCUT2D eigenvalue weighted by Gasteiger charge is 2.30. The fraction of sp³-hybridized carbons (Fsp3) is 0.188. The van der Waals surface area contributed by atoms with Gasteiger partial charge in [-0.2, -0.15) is 13.2 Å². The van der Waals surface area contributed by atoms with Crippen molar-refractivity contribution in [3.05, 3.63) is 65.2 Å². The Morgan fingerprint density at radius 1 is 1.09 bits per heavy atom. The smallest absolute Gasteiger partial charge is 0.416 e. The number of hydrogen-bond acceptors (Lipinski definition) is 3. The predicted octanol–water partition coefficient (Wildman–Crippen LogP) is 4.07. The first-order chi connectivity index (χ1) is 10.4. The highest BCUT2D eigenvalue weighted by atomic mass is 19.4. The summed E-state index contributed by atoms with van der Waals surface area (Å²) in [5.74, 6) is -0.0190. The molecule has 0 spiro atoms. The summed E-state index contributed by atoms with van der Waals surface area (Å²) in [6, 6.07) is 11.1. The Hall–Kier alpha value is -2.50. The summed E-state index contributed by atoms with van der Waals surface area (Å²) in [5, 5.41) is 0. The van der Waals surface area contributed by atoms with Gasteiger partial charge < -0.3 is 9.47 Å². The van der Waals surface area contributed by atoms with Crippen molar-refractivity contribution in [2.45, 2.75) is 12.8 Å². The number of hydrogen-bond donors (Lipinski definition) is 0. The number of carbonyl (C=O) groups excluding carboxylic acids is 1. The van der Waals surface area contributed by atoms with Crippen LogP contribution in [-0.4, -0.2) is 13.1 Å². The van der Waals surface area contributed by atoms with Crippen LogP contribution in [0.1, 0.15) is 21.5 Å². The first-order valence-corrected chi connectivity index (χ1v) is 6.37. The van der Waals surface area contributed by atoms with Crippen molar-refractivity contribution < 1.29 is 27.4 Å². The molecule has 22 heavy (non-hydrogen) atoms. The fourth-order valence-corrected chi connectivity index (χ4v) is 1.81. The molecule has 0 amide bonds. The molecule has 0 bridgehead atoms. The van der Waals surface area contributed by atoms with E-state index >= 15 is 0 Å². The third-order valence-electron chi connectivity index (χ3n) is 2.94. The molecule has 116 valence electrons. The first kappa shape index (κ1) is 15.9. The molecule has 3 nitrogen and oxygen atoms in total. The van der Waals surface area contributed by atoms with Gasteiger partial charge in [0.25, 0.3) is 0 Å². The van der Waals surface area contributed by atoms with Crippen molar-refractivity contribution in [1.29, 1.82) is 0 Å². The van der Waals surface area contributed by atoms with E-state index in [0.717, 1.165) is 12.1 Å². The highest BCUT2D eigenvalue weighted by Crippen LogP contribution is 2.29. The van der Waals surface area contributed by atoms with E-state index in [4.69, 9.17) is 4.74 Å². The number of carbonyl (C=O) groups is 1. The quantitative estimate of drug-likeness (QED) is 0.799. The monoisotopic (exact) mass is 310 g/mol. The maximum atomic E-state index is 12.6. The molecule has 0 saturated carbocycles. The molecule has 0 unspecified atom stereocenters. The zero-order valence-electron chi connectivity index (χ0n) is 11.7. The number of ether oxygens (including phenoxy) is 2. The van der Waals surface area contributed by atoms with Gasteiger partial charge in [-0.05, 0) is 42.0 Å². The molecule has 0 radical (unpaired) electrons. The Morgan fingerprint density at radius 3 is 2.36 bits per heavy atom. The second-order valence-corrected chi connectivity index (χ2v) is 4.50. The molecular formula is C16H13F3O3. The van der Waals surface area contributed by atoms with Crippen LogP contribution in [0.2, 0.25) is 0 Å². The molecule has 0 N–H and O–H groups in total. The van der Waals surface area contributed by atoms with E-state index in [9.17, 15) is 18.0 Å². The topological polar surface area (TPSA) is 35.5 Å². The Bertz CT molecular complexity index is 648. The van der Waals surface area contributed by atoms with Gasteiger partial charge in [0.2, 0.25) is 0 Å². The van der Waals surface area contributed by atoms with Crippen LogP contribution in [-0.2, 0) is 17.5 Å². The summed E-state index contributed by atoms with van der Waals surface area (Å²) in [4.78, 5) is 11.3. The van der Waals surface area contributed by atoms with E-state index < -0.39 is 17.7 Å². The lowest BCUT2D eigenvalue weighted by Crippen LogP contribution is -2.06. The van der Waals surface area contributed by atoms with Crippen molar-refractivity contribution in [3.8, 4) is 5.75 Å². The van der Waals surface area contributed by atoms with E-state index in [-0.39, 0.29) is 6.61 Å². The number of benzene rings is 2. The lowest BCUT2D eigenvalue weighted by atomic mass is 10.1. The summed E-state index contributed by atoms with van der Waals surface area (Å²) < 4.78 is 47.8. The summed E-state index contributed by atoms with van der Waals surface area (Å²) in [6.45, 7) is 0.00148. The lowest BCUT2D eigenvalue weighted by Gasteiger charge is -2.10. The molecule has 0 aliphatic rings. The number of rotatable bonds is 4. The fourth-order valence-electron chi connectivity index (χ4n) is 1.81. The predicted molar refractivity (Wildman–Crippen MR) is 73.6 cm³/mol. The Balaban J connectivity index is 2.03. The van der Waals surface area contributed by atoms with Crippen LogP contribution in [0.3, 0.4) is 0 Å². The van der Waals surface area contributed by atoms with Crippen LogP contribution in [0.5, 0.6) is 5.75 Å². The lowest BCUT2D eigenvalue weighted by molar-refractivity contribution is -0.137. The third-order valence-corrected chi connectivity index (χ3v) is 2.94. The molecule has 0 aliphatic carbocycles. The molecule has 0 aromatic heterocycles. The summed E-state index contributed by atoms with van der Waals surface area (Å²) in [7, 11) is 1.28. The van der Waals surface area contributed by atoms with Gasteiger partial charge >= 0.3 is 12.1 Å². The van der Waals surface area contributed by atoms with Crippen molar-refractivity contribution in [1.82, 2.24) is 0 Å². The van der Waals surface area contributed by atoms with Crippen LogP contribution < -0.4 is 4.74 Å². The number of esters is 1. The zero-order valence-corrected chi connectivity index (χ0v) is 11.7. The average Bonchev–Trinajstić information content (AvgIpc) is 2.52. The number of methoxy groups -OCH3 is 1. The molecule has 0 saturated heterocycles. The maximum absolute atomic E-state index is 12.6. The van der Waals surface area contributed by atoms with Gasteiger partial charge in [-0.15, -0.1) is 0 Å². The van der Waals surface area contributed by atoms with Crippen LogP contribution in [0.4, 0.5) is 13.2 Å². The van der Waals surface area contributed by atoms with Gasteiger partial charge in [-0.1, -0.05) is 12.1 Å². The molecular weight excluding hydrogens is 297 g/mol. The second-order valence-electron chi connectivity index (χ2n) is 4.50. The molecule has 2 aromatic rings. The SMILES string of the molecule is COC(=O)c1ccc(OCc2cccc(C(F)(F)F)c2)cc1. The molecule has 0 aliphatic heterocycles. The molecule has 0 heterocycles. The van der Waals surface area contributed by atoms with Crippen molar-refractivity contribution in [2.24, 2.45) is 0 Å². The normalized spacial score (nSPS) is 11.1. The van der Waals surface area contributed by atoms with Crippen LogP contribution in [0.15, 0.2) is 48.5 Å². The van der Waals surface area contributed by atoms with Gasteiger partial charge in [-0.25, -0.2) is 4.79 Å². The number of alkyl halides is 3. The molecule has 6 heteroatoms. The van der Waals surface area contributed by atoms with Crippen molar-refractivity contribution in [3.63, 3.8) is 0 Å². The molecule has 0 atom stereocenters. The molecule has 0 fully saturated rings. The molecule has 2 aromatic carbocycles. The Kier molecular flexibility index (Phi) is 4.70. The average molecular weight is 310 g/mol.